The van der Waals surface area contributed by atoms with E-state index in [1.165, 1.54) is 13.8 Å². The minimum Gasteiger partial charge on any atom is -0.331 e. The van der Waals surface area contributed by atoms with Crippen molar-refractivity contribution >= 4 is 11.8 Å². The lowest BCUT2D eigenvalue weighted by molar-refractivity contribution is -0.122. The number of carbonyl (C=O) groups excluding carboxylic acids is 2. The molecule has 0 aliphatic rings. The number of carbonyl (C=O) groups is 2. The lowest BCUT2D eigenvalue weighted by Crippen LogP contribution is -2.39. The van der Waals surface area contributed by atoms with E-state index in [0.717, 1.165) is 0 Å². The molecule has 0 aliphatic carbocycles. The first kappa shape index (κ1) is 11.2. The van der Waals surface area contributed by atoms with Gasteiger partial charge >= 0.3 is 0 Å². The van der Waals surface area contributed by atoms with Crippen molar-refractivity contribution in [2.24, 2.45) is 0 Å². The van der Waals surface area contributed by atoms with Gasteiger partial charge in [0.05, 0.1) is 5.69 Å². The summed E-state index contributed by atoms with van der Waals surface area (Å²) in [4.78, 5) is 25.9. The molecule has 0 bridgehead atoms. The number of nitrogens with one attached hydrogen (secondary N) is 2. The van der Waals surface area contributed by atoms with Gasteiger partial charge in [0.2, 0.25) is 11.8 Å². The van der Waals surface area contributed by atoms with Crippen LogP contribution in [0.5, 0.6) is 0 Å². The molecule has 0 saturated carbocycles. The lowest BCUT2D eigenvalue weighted by Gasteiger charge is -2.17. The van der Waals surface area contributed by atoms with Gasteiger partial charge in [0.1, 0.15) is 6.17 Å². The van der Waals surface area contributed by atoms with Crippen LogP contribution in [0.4, 0.5) is 0 Å². The van der Waals surface area contributed by atoms with E-state index in [1.807, 2.05) is 0 Å². The second-order valence-electron chi connectivity index (χ2n) is 3.09. The maximum atomic E-state index is 10.9. The van der Waals surface area contributed by atoms with E-state index in [1.54, 1.807) is 24.4 Å². The molecule has 2 amide bonds. The number of rotatable bonds is 3. The van der Waals surface area contributed by atoms with Crippen LogP contribution in [0.1, 0.15) is 25.7 Å². The average molecular weight is 207 g/mol. The molecule has 0 spiro atoms. The number of amides is 2. The van der Waals surface area contributed by atoms with Crippen molar-refractivity contribution in [3.05, 3.63) is 30.1 Å². The van der Waals surface area contributed by atoms with Gasteiger partial charge in [-0.25, -0.2) is 0 Å². The Morgan fingerprint density at radius 2 is 1.80 bits per heavy atom. The zero-order valence-electron chi connectivity index (χ0n) is 8.65. The number of pyridine rings is 1. The summed E-state index contributed by atoms with van der Waals surface area (Å²) >= 11 is 0. The van der Waals surface area contributed by atoms with Crippen LogP contribution < -0.4 is 10.6 Å². The monoisotopic (exact) mass is 207 g/mol. The number of aromatic nitrogens is 1. The molecule has 15 heavy (non-hydrogen) atoms. The molecule has 0 atom stereocenters. The van der Waals surface area contributed by atoms with E-state index in [9.17, 15) is 9.59 Å². The summed E-state index contributed by atoms with van der Waals surface area (Å²) < 4.78 is 0. The number of hydrogen-bond acceptors (Lipinski definition) is 3. The third kappa shape index (κ3) is 3.76. The zero-order valence-corrected chi connectivity index (χ0v) is 8.65. The third-order valence-corrected chi connectivity index (χ3v) is 1.68. The van der Waals surface area contributed by atoms with Crippen molar-refractivity contribution in [3.8, 4) is 0 Å². The lowest BCUT2D eigenvalue weighted by atomic mass is 10.3. The van der Waals surface area contributed by atoms with E-state index in [-0.39, 0.29) is 11.8 Å². The summed E-state index contributed by atoms with van der Waals surface area (Å²) in [6.07, 6.45) is 1.03. The molecule has 0 fully saturated rings. The average Bonchev–Trinajstić information content (AvgIpc) is 2.17. The van der Waals surface area contributed by atoms with Gasteiger partial charge in [-0.05, 0) is 12.1 Å². The van der Waals surface area contributed by atoms with E-state index in [4.69, 9.17) is 0 Å². The molecule has 0 unspecified atom stereocenters. The summed E-state index contributed by atoms with van der Waals surface area (Å²) in [5.41, 5.74) is 0.600. The molecule has 2 N–H and O–H groups in total. The molecule has 0 saturated heterocycles. The highest BCUT2D eigenvalue weighted by Gasteiger charge is 2.13. The fourth-order valence-corrected chi connectivity index (χ4v) is 1.14. The molecule has 1 aromatic heterocycles. The van der Waals surface area contributed by atoms with Gasteiger partial charge in [-0.15, -0.1) is 0 Å². The molecule has 1 rings (SSSR count). The Morgan fingerprint density at radius 1 is 1.20 bits per heavy atom. The standard InChI is InChI=1S/C10H13N3O2/c1-7(14)12-10(13-8(2)15)9-5-3-4-6-11-9/h3-6,10H,1-2H3,(H,12,14)(H,13,15). The largest absolute Gasteiger partial charge is 0.331 e. The van der Waals surface area contributed by atoms with E-state index >= 15 is 0 Å². The molecular formula is C10H13N3O2. The van der Waals surface area contributed by atoms with Crippen molar-refractivity contribution < 1.29 is 9.59 Å². The Labute approximate surface area is 87.9 Å². The molecule has 1 heterocycles. The summed E-state index contributed by atoms with van der Waals surface area (Å²) in [6, 6.07) is 5.29. The van der Waals surface area contributed by atoms with Crippen molar-refractivity contribution in [1.82, 2.24) is 15.6 Å². The van der Waals surface area contributed by atoms with Crippen LogP contribution in [0.15, 0.2) is 24.4 Å². The van der Waals surface area contributed by atoms with Gasteiger partial charge in [-0.3, -0.25) is 14.6 Å². The first-order valence-corrected chi connectivity index (χ1v) is 4.54. The molecule has 1 aromatic rings. The van der Waals surface area contributed by atoms with Gasteiger partial charge in [-0.1, -0.05) is 6.07 Å². The Balaban J connectivity index is 2.81. The maximum absolute atomic E-state index is 10.9. The number of nitrogens with zero attached hydrogens (tertiary/aromatic N) is 1. The van der Waals surface area contributed by atoms with E-state index < -0.39 is 6.17 Å². The molecule has 5 heteroatoms. The minimum absolute atomic E-state index is 0.223. The predicted octanol–water partition coefficient (Wildman–Crippen LogP) is 0.352. The van der Waals surface area contributed by atoms with Crippen LogP contribution in [0.3, 0.4) is 0 Å². The molecule has 0 radical (unpaired) electrons. The highest BCUT2D eigenvalue weighted by Crippen LogP contribution is 2.05. The van der Waals surface area contributed by atoms with Crippen LogP contribution in [-0.4, -0.2) is 16.8 Å². The van der Waals surface area contributed by atoms with Gasteiger partial charge in [-0.2, -0.15) is 0 Å². The molecule has 80 valence electrons. The highest BCUT2D eigenvalue weighted by molar-refractivity contribution is 5.76. The van der Waals surface area contributed by atoms with Crippen LogP contribution in [-0.2, 0) is 9.59 Å². The minimum atomic E-state index is -0.568. The third-order valence-electron chi connectivity index (χ3n) is 1.68. The smallest absolute Gasteiger partial charge is 0.218 e. The van der Waals surface area contributed by atoms with Gasteiger partial charge in [0.15, 0.2) is 0 Å². The molecular weight excluding hydrogens is 194 g/mol. The van der Waals surface area contributed by atoms with Crippen molar-refractivity contribution in [2.45, 2.75) is 20.0 Å². The topological polar surface area (TPSA) is 71.1 Å². The summed E-state index contributed by atoms with van der Waals surface area (Å²) in [7, 11) is 0. The second-order valence-corrected chi connectivity index (χ2v) is 3.09. The quantitative estimate of drug-likeness (QED) is 0.703. The first-order valence-electron chi connectivity index (χ1n) is 4.54. The Morgan fingerprint density at radius 3 is 2.20 bits per heavy atom. The second kappa shape index (κ2) is 5.09. The molecule has 5 nitrogen and oxygen atoms in total. The summed E-state index contributed by atoms with van der Waals surface area (Å²) in [5, 5.41) is 5.19. The normalized spacial score (nSPS) is 9.80. The SMILES string of the molecule is CC(=O)NC(NC(C)=O)c1ccccn1. The molecule has 0 aromatic carbocycles. The van der Waals surface area contributed by atoms with E-state index in [0.29, 0.717) is 5.69 Å². The Kier molecular flexibility index (Phi) is 3.79. The van der Waals surface area contributed by atoms with Gasteiger partial charge in [0, 0.05) is 20.0 Å². The van der Waals surface area contributed by atoms with Crippen LogP contribution in [0.2, 0.25) is 0 Å². The summed E-state index contributed by atoms with van der Waals surface area (Å²) in [5.74, 6) is -0.446. The van der Waals surface area contributed by atoms with Gasteiger partial charge < -0.3 is 10.6 Å². The fraction of sp³-hybridized carbons (Fsp3) is 0.300. The van der Waals surface area contributed by atoms with Crippen LogP contribution in [0, 0.1) is 0 Å². The van der Waals surface area contributed by atoms with Crippen LogP contribution in [0.25, 0.3) is 0 Å². The number of hydrogen-bond donors (Lipinski definition) is 2. The van der Waals surface area contributed by atoms with E-state index in [2.05, 4.69) is 15.6 Å². The van der Waals surface area contributed by atoms with Crippen molar-refractivity contribution in [3.63, 3.8) is 0 Å². The van der Waals surface area contributed by atoms with Crippen molar-refractivity contribution in [2.75, 3.05) is 0 Å². The predicted molar refractivity (Wildman–Crippen MR) is 54.6 cm³/mol. The Hall–Kier alpha value is -1.91. The Bertz CT molecular complexity index is 335. The van der Waals surface area contributed by atoms with Gasteiger partial charge in [0.25, 0.3) is 0 Å². The molecule has 0 aliphatic heterocycles. The maximum Gasteiger partial charge on any atom is 0.218 e. The fourth-order valence-electron chi connectivity index (χ4n) is 1.14. The summed E-state index contributed by atoms with van der Waals surface area (Å²) in [6.45, 7) is 2.77. The highest BCUT2D eigenvalue weighted by atomic mass is 16.2. The van der Waals surface area contributed by atoms with Crippen molar-refractivity contribution in [1.29, 1.82) is 0 Å². The van der Waals surface area contributed by atoms with Crippen LogP contribution >= 0.6 is 0 Å². The first-order chi connectivity index (χ1) is 7.09. The zero-order chi connectivity index (χ0) is 11.3.